The number of hydrogen-bond acceptors (Lipinski definition) is 7. The first-order valence-corrected chi connectivity index (χ1v) is 11.2. The van der Waals surface area contributed by atoms with Crippen molar-refractivity contribution in [1.29, 1.82) is 0 Å². The van der Waals surface area contributed by atoms with Crippen molar-refractivity contribution in [3.05, 3.63) is 23.8 Å². The Morgan fingerprint density at radius 3 is 2.47 bits per heavy atom. The van der Waals surface area contributed by atoms with Crippen LogP contribution in [0.2, 0.25) is 0 Å². The summed E-state index contributed by atoms with van der Waals surface area (Å²) < 4.78 is 83.0. The molecule has 2 amide bonds. The number of rotatable bonds is 6. The SMILES string of the molecule is CS(=O)(=O)N1CCN(c2c(F)cc(N3C[C@H](CNC(=O)C(F)F)OC3=O)cc2F)CCO1. The summed E-state index contributed by atoms with van der Waals surface area (Å²) in [5.41, 5.74) is -0.582. The Hall–Kier alpha value is -2.65. The van der Waals surface area contributed by atoms with Crippen LogP contribution in [0.3, 0.4) is 0 Å². The molecule has 3 rings (SSSR count). The van der Waals surface area contributed by atoms with Gasteiger partial charge in [0.25, 0.3) is 5.91 Å². The molecule has 2 aliphatic heterocycles. The molecule has 0 aromatic heterocycles. The first kappa shape index (κ1) is 24.0. The standard InChI is InChI=1S/C17H20F4N4O6S/c1-32(28,29)25-3-2-23(4-5-30-25)14-12(18)6-10(7-13(14)19)24-9-11(31-17(24)27)8-22-16(26)15(20)21/h6-7,11,15H,2-5,8-9H2,1H3,(H,22,26)/t11-/m0/s1. The highest BCUT2D eigenvalue weighted by Gasteiger charge is 2.34. The number of amides is 2. The molecule has 32 heavy (non-hydrogen) atoms. The van der Waals surface area contributed by atoms with Gasteiger partial charge in [0.2, 0.25) is 10.0 Å². The van der Waals surface area contributed by atoms with E-state index < -0.39 is 51.9 Å². The zero-order valence-corrected chi connectivity index (χ0v) is 17.6. The summed E-state index contributed by atoms with van der Waals surface area (Å²) in [6.07, 6.45) is -4.23. The van der Waals surface area contributed by atoms with Gasteiger partial charge in [-0.05, 0) is 0 Å². The van der Waals surface area contributed by atoms with Crippen molar-refractivity contribution in [2.45, 2.75) is 12.5 Å². The summed E-state index contributed by atoms with van der Waals surface area (Å²) in [6.45, 7) is -0.919. The molecule has 2 saturated heterocycles. The highest BCUT2D eigenvalue weighted by Crippen LogP contribution is 2.31. The highest BCUT2D eigenvalue weighted by molar-refractivity contribution is 7.88. The third-order valence-electron chi connectivity index (χ3n) is 4.72. The van der Waals surface area contributed by atoms with E-state index in [4.69, 9.17) is 9.57 Å². The van der Waals surface area contributed by atoms with E-state index in [-0.39, 0.29) is 45.0 Å². The summed E-state index contributed by atoms with van der Waals surface area (Å²) >= 11 is 0. The Morgan fingerprint density at radius 1 is 1.22 bits per heavy atom. The monoisotopic (exact) mass is 484 g/mol. The Morgan fingerprint density at radius 2 is 1.88 bits per heavy atom. The topological polar surface area (TPSA) is 108 Å². The van der Waals surface area contributed by atoms with Crippen LogP contribution >= 0.6 is 0 Å². The van der Waals surface area contributed by atoms with Crippen LogP contribution in [0.1, 0.15) is 0 Å². The zero-order chi connectivity index (χ0) is 23.6. The molecule has 1 atom stereocenters. The minimum absolute atomic E-state index is 0.0108. The molecule has 0 bridgehead atoms. The van der Waals surface area contributed by atoms with Gasteiger partial charge in [-0.25, -0.2) is 22.0 Å². The lowest BCUT2D eigenvalue weighted by Crippen LogP contribution is -2.37. The second-order valence-electron chi connectivity index (χ2n) is 7.03. The van der Waals surface area contributed by atoms with Crippen molar-refractivity contribution in [2.24, 2.45) is 0 Å². The average molecular weight is 484 g/mol. The largest absolute Gasteiger partial charge is 0.442 e. The number of hydroxylamine groups is 1. The smallest absolute Gasteiger partial charge is 0.414 e. The Bertz CT molecular complexity index is 972. The van der Waals surface area contributed by atoms with Crippen molar-refractivity contribution >= 4 is 33.4 Å². The highest BCUT2D eigenvalue weighted by atomic mass is 32.2. The molecule has 1 N–H and O–H groups in total. The molecule has 1 aromatic carbocycles. The number of hydrogen-bond donors (Lipinski definition) is 1. The maximum atomic E-state index is 14.8. The van der Waals surface area contributed by atoms with Gasteiger partial charge in [-0.15, -0.1) is 0 Å². The summed E-state index contributed by atoms with van der Waals surface area (Å²) in [4.78, 5) is 30.3. The van der Waals surface area contributed by atoms with E-state index in [1.807, 2.05) is 5.32 Å². The quantitative estimate of drug-likeness (QED) is 0.592. The summed E-state index contributed by atoms with van der Waals surface area (Å²) in [5.74, 6) is -3.54. The molecular weight excluding hydrogens is 464 g/mol. The minimum atomic E-state index is -3.65. The van der Waals surface area contributed by atoms with Gasteiger partial charge in [0, 0.05) is 25.2 Å². The maximum Gasteiger partial charge on any atom is 0.414 e. The van der Waals surface area contributed by atoms with Crippen LogP contribution < -0.4 is 15.1 Å². The molecule has 0 radical (unpaired) electrons. The summed E-state index contributed by atoms with van der Waals surface area (Å²) in [6, 6.07) is 1.81. The van der Waals surface area contributed by atoms with Crippen LogP contribution in [-0.4, -0.2) is 83.0 Å². The van der Waals surface area contributed by atoms with Gasteiger partial charge in [-0.3, -0.25) is 14.5 Å². The number of nitrogens with zero attached hydrogens (tertiary/aromatic N) is 3. The second kappa shape index (κ2) is 9.46. The molecule has 10 nitrogen and oxygen atoms in total. The number of carbonyl (C=O) groups excluding carboxylic acids is 2. The predicted molar refractivity (Wildman–Crippen MR) is 103 cm³/mol. The average Bonchev–Trinajstić information content (AvgIpc) is 2.89. The third kappa shape index (κ3) is 5.39. The first-order valence-electron chi connectivity index (χ1n) is 9.36. The van der Waals surface area contributed by atoms with Crippen molar-refractivity contribution < 1.29 is 45.1 Å². The van der Waals surface area contributed by atoms with E-state index in [2.05, 4.69) is 0 Å². The molecular formula is C17H20F4N4O6S. The number of halogens is 4. The van der Waals surface area contributed by atoms with Crippen molar-refractivity contribution in [2.75, 3.05) is 55.4 Å². The first-order chi connectivity index (χ1) is 15.0. The number of anilines is 2. The van der Waals surface area contributed by atoms with E-state index in [1.54, 1.807) is 0 Å². The van der Waals surface area contributed by atoms with Crippen LogP contribution in [0, 0.1) is 11.6 Å². The van der Waals surface area contributed by atoms with Crippen molar-refractivity contribution in [3.8, 4) is 0 Å². The van der Waals surface area contributed by atoms with Gasteiger partial charge in [0.15, 0.2) is 11.6 Å². The van der Waals surface area contributed by atoms with Crippen LogP contribution in [0.4, 0.5) is 33.7 Å². The molecule has 0 aliphatic carbocycles. The van der Waals surface area contributed by atoms with Crippen LogP contribution in [0.15, 0.2) is 12.1 Å². The maximum absolute atomic E-state index is 14.8. The van der Waals surface area contributed by atoms with Gasteiger partial charge in [-0.1, -0.05) is 4.47 Å². The summed E-state index contributed by atoms with van der Waals surface area (Å²) in [5, 5.41) is 1.91. The molecule has 2 aliphatic rings. The van der Waals surface area contributed by atoms with E-state index in [0.717, 1.165) is 27.8 Å². The molecule has 1 aromatic rings. The van der Waals surface area contributed by atoms with E-state index in [0.29, 0.717) is 0 Å². The van der Waals surface area contributed by atoms with E-state index in [9.17, 15) is 35.6 Å². The number of sulfonamides is 1. The van der Waals surface area contributed by atoms with E-state index >= 15 is 0 Å². The zero-order valence-electron chi connectivity index (χ0n) is 16.8. The van der Waals surface area contributed by atoms with Crippen molar-refractivity contribution in [3.63, 3.8) is 0 Å². The molecule has 2 heterocycles. The van der Waals surface area contributed by atoms with E-state index in [1.165, 1.54) is 4.90 Å². The van der Waals surface area contributed by atoms with Gasteiger partial charge >= 0.3 is 12.5 Å². The fourth-order valence-electron chi connectivity index (χ4n) is 3.26. The number of alkyl halides is 2. The number of cyclic esters (lactones) is 1. The predicted octanol–water partition coefficient (Wildman–Crippen LogP) is 0.685. The molecule has 178 valence electrons. The minimum Gasteiger partial charge on any atom is -0.442 e. The lowest BCUT2D eigenvalue weighted by Gasteiger charge is -2.24. The second-order valence-corrected chi connectivity index (χ2v) is 8.90. The van der Waals surface area contributed by atoms with Crippen LogP contribution in [0.5, 0.6) is 0 Å². The number of carbonyl (C=O) groups is 2. The Labute approximate surface area is 180 Å². The van der Waals surface area contributed by atoms with Crippen LogP contribution in [-0.2, 0) is 24.4 Å². The number of benzene rings is 1. The van der Waals surface area contributed by atoms with Gasteiger partial charge in [-0.2, -0.15) is 8.78 Å². The molecule has 0 unspecified atom stereocenters. The number of ether oxygens (including phenoxy) is 1. The van der Waals surface area contributed by atoms with Gasteiger partial charge < -0.3 is 15.0 Å². The molecule has 2 fully saturated rings. The lowest BCUT2D eigenvalue weighted by atomic mass is 10.2. The summed E-state index contributed by atoms with van der Waals surface area (Å²) in [7, 11) is -3.65. The van der Waals surface area contributed by atoms with Gasteiger partial charge in [0.05, 0.1) is 38.2 Å². The molecule has 15 heteroatoms. The third-order valence-corrected chi connectivity index (χ3v) is 5.75. The van der Waals surface area contributed by atoms with Crippen molar-refractivity contribution in [1.82, 2.24) is 9.79 Å². The number of nitrogens with one attached hydrogen (secondary N) is 1. The fraction of sp³-hybridized carbons (Fsp3) is 0.529. The fourth-order valence-corrected chi connectivity index (χ4v) is 3.94. The lowest BCUT2D eigenvalue weighted by molar-refractivity contribution is -0.132. The molecule has 0 spiro atoms. The normalized spacial score (nSPS) is 20.4. The Balaban J connectivity index is 1.72. The molecule has 0 saturated carbocycles. The van der Waals surface area contributed by atoms with Crippen LogP contribution in [0.25, 0.3) is 0 Å². The Kier molecular flexibility index (Phi) is 7.09. The van der Waals surface area contributed by atoms with Gasteiger partial charge in [0.1, 0.15) is 11.8 Å².